The molecular formula is C34H31NO3. The molecule has 0 aliphatic carbocycles. The fraction of sp³-hybridized carbons (Fsp3) is 0.118. The van der Waals surface area contributed by atoms with Gasteiger partial charge in [0.1, 0.15) is 12.4 Å². The third kappa shape index (κ3) is 8.17. The number of nitrogens with one attached hydrogen (secondary N) is 1. The summed E-state index contributed by atoms with van der Waals surface area (Å²) in [5.41, 5.74) is 4.43. The molecule has 0 bridgehead atoms. The highest BCUT2D eigenvalue weighted by Crippen LogP contribution is 2.15. The van der Waals surface area contributed by atoms with E-state index in [-0.39, 0.29) is 24.2 Å². The molecule has 0 unspecified atom stereocenters. The standard InChI is InChI=1S/C34H31NO3/c1-26(30-14-6-3-7-15-30)35-34(37)25-29-12-8-16-31(24-29)33(36)22-19-28-17-20-32(21-18-28)38-23-9-13-27-10-4-2-5-11-27/h2-22,24,26H,23,25H2,1H3,(H,35,37)/t26-/m0/s1. The molecule has 1 atom stereocenters. The van der Waals surface area contributed by atoms with E-state index >= 15 is 0 Å². The smallest absolute Gasteiger partial charge is 0.224 e. The molecule has 0 spiro atoms. The molecule has 4 heteroatoms. The Balaban J connectivity index is 1.27. The number of ether oxygens (including phenoxy) is 1. The Labute approximate surface area is 224 Å². The Kier molecular flexibility index (Phi) is 9.41. The van der Waals surface area contributed by atoms with Crippen LogP contribution in [-0.2, 0) is 11.2 Å². The van der Waals surface area contributed by atoms with E-state index in [9.17, 15) is 9.59 Å². The molecule has 0 saturated carbocycles. The summed E-state index contributed by atoms with van der Waals surface area (Å²) in [6.45, 7) is 2.43. The number of carbonyl (C=O) groups excluding carboxylic acids is 2. The van der Waals surface area contributed by atoms with Crippen molar-refractivity contribution in [1.82, 2.24) is 5.32 Å². The maximum absolute atomic E-state index is 12.8. The third-order valence-corrected chi connectivity index (χ3v) is 6.02. The largest absolute Gasteiger partial charge is 0.490 e. The SMILES string of the molecule is C[C@H](NC(=O)Cc1cccc(C(=O)C=Cc2ccc(OCC=Cc3ccccc3)cc2)c1)c1ccccc1. The van der Waals surface area contributed by atoms with Crippen LogP contribution in [0.15, 0.2) is 121 Å². The summed E-state index contributed by atoms with van der Waals surface area (Å²) in [7, 11) is 0. The minimum atomic E-state index is -0.115. The van der Waals surface area contributed by atoms with E-state index in [1.807, 2.05) is 116 Å². The first-order chi connectivity index (χ1) is 18.6. The van der Waals surface area contributed by atoms with E-state index in [1.165, 1.54) is 0 Å². The van der Waals surface area contributed by atoms with Crippen molar-refractivity contribution in [2.45, 2.75) is 19.4 Å². The van der Waals surface area contributed by atoms with Gasteiger partial charge < -0.3 is 10.1 Å². The predicted molar refractivity (Wildman–Crippen MR) is 154 cm³/mol. The first-order valence-electron chi connectivity index (χ1n) is 12.7. The van der Waals surface area contributed by atoms with Gasteiger partial charge in [0, 0.05) is 5.56 Å². The lowest BCUT2D eigenvalue weighted by atomic mass is 10.0. The van der Waals surface area contributed by atoms with Crippen LogP contribution in [0.3, 0.4) is 0 Å². The van der Waals surface area contributed by atoms with Gasteiger partial charge in [0.15, 0.2) is 5.78 Å². The topological polar surface area (TPSA) is 55.4 Å². The van der Waals surface area contributed by atoms with Crippen molar-refractivity contribution in [2.24, 2.45) is 0 Å². The van der Waals surface area contributed by atoms with Crippen molar-refractivity contribution in [1.29, 1.82) is 0 Å². The number of carbonyl (C=O) groups is 2. The second-order valence-electron chi connectivity index (χ2n) is 8.97. The Morgan fingerprint density at radius 3 is 2.21 bits per heavy atom. The summed E-state index contributed by atoms with van der Waals surface area (Å²) in [5.74, 6) is 0.564. The molecule has 38 heavy (non-hydrogen) atoms. The molecule has 4 nitrogen and oxygen atoms in total. The van der Waals surface area contributed by atoms with Gasteiger partial charge in [-0.15, -0.1) is 0 Å². The van der Waals surface area contributed by atoms with E-state index in [1.54, 1.807) is 24.3 Å². The van der Waals surface area contributed by atoms with E-state index < -0.39 is 0 Å². The van der Waals surface area contributed by atoms with Crippen LogP contribution in [0.25, 0.3) is 12.2 Å². The van der Waals surface area contributed by atoms with Crippen LogP contribution in [-0.4, -0.2) is 18.3 Å². The molecule has 0 heterocycles. The van der Waals surface area contributed by atoms with Crippen LogP contribution in [0.5, 0.6) is 5.75 Å². The molecule has 0 fully saturated rings. The van der Waals surface area contributed by atoms with Gasteiger partial charge in [0.2, 0.25) is 5.91 Å². The van der Waals surface area contributed by atoms with Crippen molar-refractivity contribution in [2.75, 3.05) is 6.61 Å². The molecule has 1 amide bonds. The van der Waals surface area contributed by atoms with Gasteiger partial charge in [0.25, 0.3) is 0 Å². The monoisotopic (exact) mass is 501 g/mol. The fourth-order valence-electron chi connectivity index (χ4n) is 3.97. The molecule has 190 valence electrons. The lowest BCUT2D eigenvalue weighted by Gasteiger charge is -2.14. The number of rotatable bonds is 11. The van der Waals surface area contributed by atoms with E-state index in [0.717, 1.165) is 28.0 Å². The van der Waals surface area contributed by atoms with Gasteiger partial charge in [-0.1, -0.05) is 103 Å². The van der Waals surface area contributed by atoms with Gasteiger partial charge in [-0.3, -0.25) is 9.59 Å². The quantitative estimate of drug-likeness (QED) is 0.176. The predicted octanol–water partition coefficient (Wildman–Crippen LogP) is 7.09. The average molecular weight is 502 g/mol. The van der Waals surface area contributed by atoms with Crippen LogP contribution in [0.1, 0.15) is 45.6 Å². The zero-order chi connectivity index (χ0) is 26.6. The molecule has 0 aliphatic rings. The molecule has 0 aliphatic heterocycles. The summed E-state index contributed by atoms with van der Waals surface area (Å²) in [4.78, 5) is 25.3. The average Bonchev–Trinajstić information content (AvgIpc) is 2.95. The Bertz CT molecular complexity index is 1390. The van der Waals surface area contributed by atoms with Crippen LogP contribution in [0.2, 0.25) is 0 Å². The molecular weight excluding hydrogens is 470 g/mol. The van der Waals surface area contributed by atoms with Gasteiger partial charge in [-0.25, -0.2) is 0 Å². The van der Waals surface area contributed by atoms with Gasteiger partial charge in [-0.2, -0.15) is 0 Å². The van der Waals surface area contributed by atoms with E-state index in [0.29, 0.717) is 12.2 Å². The Hall–Kier alpha value is -4.70. The van der Waals surface area contributed by atoms with Crippen LogP contribution < -0.4 is 10.1 Å². The minimum absolute atomic E-state index is 0.0839. The molecule has 1 N–H and O–H groups in total. The van der Waals surface area contributed by atoms with Gasteiger partial charge in [0.05, 0.1) is 12.5 Å². The molecule has 4 rings (SSSR count). The first-order valence-corrected chi connectivity index (χ1v) is 12.7. The second kappa shape index (κ2) is 13.6. The first kappa shape index (κ1) is 26.4. The zero-order valence-electron chi connectivity index (χ0n) is 21.4. The van der Waals surface area contributed by atoms with Crippen LogP contribution >= 0.6 is 0 Å². The fourth-order valence-corrected chi connectivity index (χ4v) is 3.97. The van der Waals surface area contributed by atoms with Crippen molar-refractivity contribution < 1.29 is 14.3 Å². The Morgan fingerprint density at radius 1 is 0.789 bits per heavy atom. The minimum Gasteiger partial charge on any atom is -0.490 e. The van der Waals surface area contributed by atoms with Gasteiger partial charge >= 0.3 is 0 Å². The second-order valence-corrected chi connectivity index (χ2v) is 8.97. The summed E-state index contributed by atoms with van der Waals surface area (Å²) in [5, 5.41) is 3.02. The van der Waals surface area contributed by atoms with E-state index in [2.05, 4.69) is 5.32 Å². The highest BCUT2D eigenvalue weighted by molar-refractivity contribution is 6.07. The summed E-state index contributed by atoms with van der Waals surface area (Å²) < 4.78 is 5.76. The molecule has 0 radical (unpaired) electrons. The maximum Gasteiger partial charge on any atom is 0.224 e. The number of hydrogen-bond donors (Lipinski definition) is 1. The van der Waals surface area contributed by atoms with E-state index in [4.69, 9.17) is 4.74 Å². The van der Waals surface area contributed by atoms with Crippen molar-refractivity contribution in [3.63, 3.8) is 0 Å². The third-order valence-electron chi connectivity index (χ3n) is 6.02. The lowest BCUT2D eigenvalue weighted by molar-refractivity contribution is -0.121. The number of benzene rings is 4. The molecule has 0 aromatic heterocycles. The van der Waals surface area contributed by atoms with Crippen molar-refractivity contribution >= 4 is 23.8 Å². The summed E-state index contributed by atoms with van der Waals surface area (Å²) in [6.07, 6.45) is 7.54. The number of allylic oxidation sites excluding steroid dienone is 1. The highest BCUT2D eigenvalue weighted by Gasteiger charge is 2.11. The maximum atomic E-state index is 12.8. The van der Waals surface area contributed by atoms with Crippen molar-refractivity contribution in [3.8, 4) is 5.75 Å². The molecule has 4 aromatic rings. The Morgan fingerprint density at radius 2 is 1.47 bits per heavy atom. The zero-order valence-corrected chi connectivity index (χ0v) is 21.4. The normalized spacial score (nSPS) is 11.9. The lowest BCUT2D eigenvalue weighted by Crippen LogP contribution is -2.28. The highest BCUT2D eigenvalue weighted by atomic mass is 16.5. The number of hydrogen-bond acceptors (Lipinski definition) is 3. The van der Waals surface area contributed by atoms with Crippen LogP contribution in [0, 0.1) is 0 Å². The number of amides is 1. The summed E-state index contributed by atoms with van der Waals surface area (Å²) in [6, 6.07) is 34.6. The van der Waals surface area contributed by atoms with Crippen LogP contribution in [0.4, 0.5) is 0 Å². The number of ketones is 1. The molecule has 4 aromatic carbocycles. The summed E-state index contributed by atoms with van der Waals surface area (Å²) >= 11 is 0. The molecule has 0 saturated heterocycles. The van der Waals surface area contributed by atoms with Gasteiger partial charge in [-0.05, 0) is 59.5 Å². The van der Waals surface area contributed by atoms with Crippen molar-refractivity contribution in [3.05, 3.63) is 149 Å².